The molecule has 22 heavy (non-hydrogen) atoms. The van der Waals surface area contributed by atoms with Crippen molar-refractivity contribution in [3.8, 4) is 0 Å². The summed E-state index contributed by atoms with van der Waals surface area (Å²) in [7, 11) is 0. The van der Waals surface area contributed by atoms with Gasteiger partial charge in [0.15, 0.2) is 0 Å². The van der Waals surface area contributed by atoms with Crippen molar-refractivity contribution in [1.82, 2.24) is 4.98 Å². The van der Waals surface area contributed by atoms with Crippen molar-refractivity contribution in [3.63, 3.8) is 0 Å². The number of rotatable bonds is 3. The molecule has 0 bridgehead atoms. The first-order chi connectivity index (χ1) is 10.8. The lowest BCUT2D eigenvalue weighted by Crippen LogP contribution is -2.11. The first-order valence-electron chi connectivity index (χ1n) is 7.62. The maximum Gasteiger partial charge on any atom is 0.0994 e. The molecule has 1 fully saturated rings. The van der Waals surface area contributed by atoms with Gasteiger partial charge in [-0.1, -0.05) is 54.6 Å². The standard InChI is InChI=1S/C20H18N2/c1-20(16-10-4-2-5-11-16)19(18-14-8-9-15-21-18)22(20)17-12-6-3-7-13-17/h2-15,19H,1H3. The summed E-state index contributed by atoms with van der Waals surface area (Å²) in [4.78, 5) is 7.04. The molecule has 1 aliphatic heterocycles. The summed E-state index contributed by atoms with van der Waals surface area (Å²) in [5.41, 5.74) is 3.65. The van der Waals surface area contributed by atoms with Gasteiger partial charge in [0.25, 0.3) is 0 Å². The lowest BCUT2D eigenvalue weighted by molar-refractivity contribution is 0.737. The van der Waals surface area contributed by atoms with Crippen LogP contribution in [-0.2, 0) is 5.54 Å². The highest BCUT2D eigenvalue weighted by molar-refractivity contribution is 5.64. The summed E-state index contributed by atoms with van der Waals surface area (Å²) in [5, 5.41) is 0. The molecule has 2 heteroatoms. The van der Waals surface area contributed by atoms with Crippen LogP contribution in [0.1, 0.15) is 24.2 Å². The van der Waals surface area contributed by atoms with Gasteiger partial charge in [-0.2, -0.15) is 0 Å². The Labute approximate surface area is 131 Å². The molecule has 2 unspecified atom stereocenters. The minimum atomic E-state index is -0.0447. The minimum Gasteiger partial charge on any atom is -0.348 e. The van der Waals surface area contributed by atoms with E-state index in [4.69, 9.17) is 0 Å². The maximum atomic E-state index is 4.60. The Morgan fingerprint density at radius 2 is 1.45 bits per heavy atom. The molecule has 0 aliphatic carbocycles. The first-order valence-corrected chi connectivity index (χ1v) is 7.62. The summed E-state index contributed by atoms with van der Waals surface area (Å²) in [6.07, 6.45) is 1.88. The van der Waals surface area contributed by atoms with Gasteiger partial charge in [-0.3, -0.25) is 4.98 Å². The van der Waals surface area contributed by atoms with E-state index in [-0.39, 0.29) is 11.6 Å². The van der Waals surface area contributed by atoms with E-state index in [2.05, 4.69) is 89.6 Å². The van der Waals surface area contributed by atoms with Crippen LogP contribution in [0.15, 0.2) is 85.1 Å². The van der Waals surface area contributed by atoms with E-state index in [0.717, 1.165) is 5.69 Å². The predicted molar refractivity (Wildman–Crippen MR) is 89.7 cm³/mol. The Balaban J connectivity index is 1.82. The maximum absolute atomic E-state index is 4.60. The molecule has 0 spiro atoms. The fourth-order valence-electron chi connectivity index (χ4n) is 3.43. The second-order valence-electron chi connectivity index (χ2n) is 5.88. The van der Waals surface area contributed by atoms with E-state index in [9.17, 15) is 0 Å². The van der Waals surface area contributed by atoms with Crippen LogP contribution in [0.5, 0.6) is 0 Å². The summed E-state index contributed by atoms with van der Waals surface area (Å²) in [5.74, 6) is 0. The van der Waals surface area contributed by atoms with Gasteiger partial charge in [-0.05, 0) is 36.8 Å². The van der Waals surface area contributed by atoms with E-state index in [1.165, 1.54) is 11.3 Å². The zero-order valence-electron chi connectivity index (χ0n) is 12.6. The van der Waals surface area contributed by atoms with Crippen LogP contribution in [0.25, 0.3) is 0 Å². The highest BCUT2D eigenvalue weighted by Crippen LogP contribution is 2.61. The van der Waals surface area contributed by atoms with E-state index >= 15 is 0 Å². The van der Waals surface area contributed by atoms with Crippen LogP contribution in [0, 0.1) is 0 Å². The van der Waals surface area contributed by atoms with Gasteiger partial charge in [-0.25, -0.2) is 0 Å². The van der Waals surface area contributed by atoms with E-state index in [1.54, 1.807) is 0 Å². The molecule has 0 amide bonds. The molecule has 2 nitrogen and oxygen atoms in total. The van der Waals surface area contributed by atoms with Gasteiger partial charge in [0.05, 0.1) is 17.3 Å². The molecule has 1 saturated heterocycles. The fraction of sp³-hybridized carbons (Fsp3) is 0.150. The van der Waals surface area contributed by atoms with Crippen molar-refractivity contribution in [2.75, 3.05) is 4.90 Å². The fourth-order valence-corrected chi connectivity index (χ4v) is 3.43. The smallest absolute Gasteiger partial charge is 0.0994 e. The molecule has 2 atom stereocenters. The molecule has 0 N–H and O–H groups in total. The number of benzene rings is 2. The second-order valence-corrected chi connectivity index (χ2v) is 5.88. The second kappa shape index (κ2) is 4.99. The van der Waals surface area contributed by atoms with E-state index in [0.29, 0.717) is 0 Å². The highest BCUT2D eigenvalue weighted by atomic mass is 15.4. The number of aromatic nitrogens is 1. The molecular weight excluding hydrogens is 268 g/mol. The molecule has 108 valence electrons. The van der Waals surface area contributed by atoms with Crippen molar-refractivity contribution in [2.24, 2.45) is 0 Å². The molecule has 2 aromatic carbocycles. The number of anilines is 1. The number of pyridine rings is 1. The van der Waals surface area contributed by atoms with Crippen molar-refractivity contribution < 1.29 is 0 Å². The molecule has 2 heterocycles. The lowest BCUT2D eigenvalue weighted by Gasteiger charge is -2.13. The van der Waals surface area contributed by atoms with Crippen molar-refractivity contribution in [3.05, 3.63) is 96.3 Å². The van der Waals surface area contributed by atoms with E-state index < -0.39 is 0 Å². The van der Waals surface area contributed by atoms with Crippen molar-refractivity contribution in [2.45, 2.75) is 18.5 Å². The van der Waals surface area contributed by atoms with Gasteiger partial charge >= 0.3 is 0 Å². The Morgan fingerprint density at radius 3 is 2.09 bits per heavy atom. The monoisotopic (exact) mass is 286 g/mol. The Kier molecular flexibility index (Phi) is 2.97. The Bertz CT molecular complexity index is 708. The highest BCUT2D eigenvalue weighted by Gasteiger charge is 2.61. The third-order valence-corrected chi connectivity index (χ3v) is 4.58. The lowest BCUT2D eigenvalue weighted by atomic mass is 9.95. The molecule has 0 radical (unpaired) electrons. The van der Waals surface area contributed by atoms with Crippen LogP contribution >= 0.6 is 0 Å². The van der Waals surface area contributed by atoms with Crippen molar-refractivity contribution in [1.29, 1.82) is 0 Å². The average molecular weight is 286 g/mol. The zero-order valence-corrected chi connectivity index (χ0v) is 12.6. The summed E-state index contributed by atoms with van der Waals surface area (Å²) in [6, 6.07) is 27.7. The Morgan fingerprint density at radius 1 is 0.818 bits per heavy atom. The van der Waals surface area contributed by atoms with Gasteiger partial charge in [0.2, 0.25) is 0 Å². The SMILES string of the molecule is CC1(c2ccccc2)C(c2ccccn2)N1c1ccccc1. The number of hydrogen-bond acceptors (Lipinski definition) is 2. The van der Waals surface area contributed by atoms with Crippen LogP contribution in [-0.4, -0.2) is 4.98 Å². The molecule has 1 aromatic heterocycles. The quantitative estimate of drug-likeness (QED) is 0.656. The largest absolute Gasteiger partial charge is 0.348 e. The number of hydrogen-bond donors (Lipinski definition) is 0. The zero-order chi connectivity index (χ0) is 15.0. The van der Waals surface area contributed by atoms with Gasteiger partial charge in [0.1, 0.15) is 0 Å². The predicted octanol–water partition coefficient (Wildman–Crippen LogP) is 4.56. The van der Waals surface area contributed by atoms with E-state index in [1.807, 2.05) is 12.3 Å². The molecule has 3 aromatic rings. The van der Waals surface area contributed by atoms with Crippen LogP contribution in [0.3, 0.4) is 0 Å². The Hall–Kier alpha value is -2.61. The molecule has 4 rings (SSSR count). The van der Waals surface area contributed by atoms with Crippen LogP contribution < -0.4 is 4.90 Å². The van der Waals surface area contributed by atoms with Gasteiger partial charge in [-0.15, -0.1) is 0 Å². The average Bonchev–Trinajstić information content (AvgIpc) is 3.24. The normalized spacial score (nSPS) is 23.3. The minimum absolute atomic E-state index is 0.0447. The third-order valence-electron chi connectivity index (χ3n) is 4.58. The molecular formula is C20H18N2. The summed E-state index contributed by atoms with van der Waals surface area (Å²) >= 11 is 0. The van der Waals surface area contributed by atoms with Gasteiger partial charge < -0.3 is 4.90 Å². The molecule has 0 saturated carbocycles. The number of nitrogens with zero attached hydrogens (tertiary/aromatic N) is 2. The number of para-hydroxylation sites is 1. The summed E-state index contributed by atoms with van der Waals surface area (Å²) < 4.78 is 0. The third kappa shape index (κ3) is 1.92. The van der Waals surface area contributed by atoms with Crippen molar-refractivity contribution >= 4 is 5.69 Å². The van der Waals surface area contributed by atoms with Crippen LogP contribution in [0.4, 0.5) is 5.69 Å². The molecule has 1 aliphatic rings. The van der Waals surface area contributed by atoms with Gasteiger partial charge in [0, 0.05) is 11.9 Å². The topological polar surface area (TPSA) is 15.9 Å². The van der Waals surface area contributed by atoms with Crippen LogP contribution in [0.2, 0.25) is 0 Å². The first kappa shape index (κ1) is 13.1. The summed E-state index contributed by atoms with van der Waals surface area (Å²) in [6.45, 7) is 2.30.